The highest BCUT2D eigenvalue weighted by atomic mass is 16.5. The Balaban J connectivity index is 2.12. The van der Waals surface area contributed by atoms with E-state index in [2.05, 4.69) is 10.1 Å². The Morgan fingerprint density at radius 1 is 1.58 bits per heavy atom. The summed E-state index contributed by atoms with van der Waals surface area (Å²) in [6.07, 6.45) is -0.742. The number of aliphatic hydroxyl groups is 1. The molecule has 1 aliphatic rings. The fourth-order valence-corrected chi connectivity index (χ4v) is 2.07. The van der Waals surface area contributed by atoms with Gasteiger partial charge in [0, 0.05) is 11.7 Å². The van der Waals surface area contributed by atoms with Gasteiger partial charge in [0.15, 0.2) is 0 Å². The van der Waals surface area contributed by atoms with Crippen molar-refractivity contribution in [3.05, 3.63) is 29.3 Å². The van der Waals surface area contributed by atoms with Crippen molar-refractivity contribution in [3.8, 4) is 0 Å². The summed E-state index contributed by atoms with van der Waals surface area (Å²) in [7, 11) is 1.27. The lowest BCUT2D eigenvalue weighted by molar-refractivity contribution is -0.141. The van der Waals surface area contributed by atoms with Gasteiger partial charge in [-0.15, -0.1) is 0 Å². The summed E-state index contributed by atoms with van der Waals surface area (Å²) in [6.45, 7) is 0. The number of nitrogens with two attached hydrogens (primary N) is 1. The molecule has 1 heterocycles. The summed E-state index contributed by atoms with van der Waals surface area (Å²) in [5.41, 5.74) is 7.93. The van der Waals surface area contributed by atoms with Gasteiger partial charge in [0.05, 0.1) is 26.1 Å². The third-order valence-electron chi connectivity index (χ3n) is 3.13. The average Bonchev–Trinajstić information content (AvgIpc) is 2.76. The maximum absolute atomic E-state index is 11.2. The van der Waals surface area contributed by atoms with Crippen molar-refractivity contribution in [2.75, 3.05) is 12.4 Å². The van der Waals surface area contributed by atoms with Gasteiger partial charge >= 0.3 is 5.97 Å². The number of rotatable bonds is 4. The summed E-state index contributed by atoms with van der Waals surface area (Å²) >= 11 is 0. The Hall–Kier alpha value is -1.92. The van der Waals surface area contributed by atoms with E-state index in [1.165, 1.54) is 7.11 Å². The van der Waals surface area contributed by atoms with Crippen molar-refractivity contribution >= 4 is 17.6 Å². The lowest BCUT2D eigenvalue weighted by Gasteiger charge is -2.18. The third kappa shape index (κ3) is 2.91. The van der Waals surface area contributed by atoms with E-state index in [0.29, 0.717) is 12.0 Å². The van der Waals surface area contributed by atoms with E-state index in [1.807, 2.05) is 0 Å². The first-order valence-electron chi connectivity index (χ1n) is 5.94. The van der Waals surface area contributed by atoms with E-state index in [4.69, 9.17) is 5.73 Å². The molecule has 2 rings (SSSR count). The highest BCUT2D eigenvalue weighted by Crippen LogP contribution is 2.27. The van der Waals surface area contributed by atoms with Crippen molar-refractivity contribution in [1.82, 2.24) is 0 Å². The maximum atomic E-state index is 11.2. The number of fused-ring (bicyclic) bond motifs is 1. The molecule has 0 aliphatic carbocycles. The molecule has 0 spiro atoms. The van der Waals surface area contributed by atoms with Crippen LogP contribution in [0.25, 0.3) is 0 Å². The molecule has 0 radical (unpaired) electrons. The number of carbonyl (C=O) groups is 2. The monoisotopic (exact) mass is 264 g/mol. The number of hydrogen-bond acceptors (Lipinski definition) is 5. The third-order valence-corrected chi connectivity index (χ3v) is 3.13. The lowest BCUT2D eigenvalue weighted by Crippen LogP contribution is -2.31. The zero-order valence-corrected chi connectivity index (χ0v) is 10.6. The van der Waals surface area contributed by atoms with Crippen LogP contribution in [0.3, 0.4) is 0 Å². The summed E-state index contributed by atoms with van der Waals surface area (Å²) in [6, 6.07) is 4.40. The van der Waals surface area contributed by atoms with Crippen molar-refractivity contribution < 1.29 is 19.4 Å². The zero-order chi connectivity index (χ0) is 14.0. The van der Waals surface area contributed by atoms with Gasteiger partial charge in [-0.25, -0.2) is 0 Å². The smallest absolute Gasteiger partial charge is 0.307 e. The predicted molar refractivity (Wildman–Crippen MR) is 68.3 cm³/mol. The van der Waals surface area contributed by atoms with E-state index < -0.39 is 18.1 Å². The van der Waals surface area contributed by atoms with Crippen LogP contribution < -0.4 is 11.1 Å². The molecular formula is C13H16N2O4. The molecule has 0 aromatic heterocycles. The van der Waals surface area contributed by atoms with Gasteiger partial charge in [-0.05, 0) is 17.2 Å². The van der Waals surface area contributed by atoms with Gasteiger partial charge in [-0.2, -0.15) is 0 Å². The van der Waals surface area contributed by atoms with E-state index in [9.17, 15) is 14.7 Å². The Kier molecular flexibility index (Phi) is 3.82. The molecule has 1 amide bonds. The Bertz CT molecular complexity index is 515. The Morgan fingerprint density at radius 2 is 2.32 bits per heavy atom. The van der Waals surface area contributed by atoms with Gasteiger partial charge in [0.2, 0.25) is 5.91 Å². The molecule has 19 heavy (non-hydrogen) atoms. The largest absolute Gasteiger partial charge is 0.469 e. The summed E-state index contributed by atoms with van der Waals surface area (Å²) in [5, 5.41) is 12.8. The standard InChI is InChI=1S/C13H16N2O4/c1-19-12(17)6-9(14)13(18)7-2-3-10-8(4-7)5-11(16)15-10/h2-4,9,13,18H,5-6,14H2,1H3,(H,15,16). The van der Waals surface area contributed by atoms with Crippen LogP contribution in [-0.2, 0) is 20.7 Å². The number of nitrogens with one attached hydrogen (secondary N) is 1. The number of esters is 1. The first-order chi connectivity index (χ1) is 9.01. The predicted octanol–water partition coefficient (Wildman–Crippen LogP) is 0.105. The molecule has 102 valence electrons. The van der Waals surface area contributed by atoms with E-state index >= 15 is 0 Å². The molecule has 1 aromatic rings. The maximum Gasteiger partial charge on any atom is 0.307 e. The van der Waals surface area contributed by atoms with Crippen molar-refractivity contribution in [2.45, 2.75) is 25.0 Å². The molecule has 4 N–H and O–H groups in total. The molecular weight excluding hydrogens is 248 g/mol. The van der Waals surface area contributed by atoms with Crippen LogP contribution in [0, 0.1) is 0 Å². The van der Waals surface area contributed by atoms with Crippen LogP contribution in [0.1, 0.15) is 23.7 Å². The number of ether oxygens (including phenoxy) is 1. The second-order valence-electron chi connectivity index (χ2n) is 4.53. The van der Waals surface area contributed by atoms with Crippen LogP contribution >= 0.6 is 0 Å². The Morgan fingerprint density at radius 3 is 3.00 bits per heavy atom. The fraction of sp³-hybridized carbons (Fsp3) is 0.385. The molecule has 0 saturated carbocycles. The van der Waals surface area contributed by atoms with Crippen molar-refractivity contribution in [3.63, 3.8) is 0 Å². The fourth-order valence-electron chi connectivity index (χ4n) is 2.07. The van der Waals surface area contributed by atoms with Crippen LogP contribution in [0.4, 0.5) is 5.69 Å². The number of benzene rings is 1. The second-order valence-corrected chi connectivity index (χ2v) is 4.53. The highest BCUT2D eigenvalue weighted by Gasteiger charge is 2.23. The van der Waals surface area contributed by atoms with E-state index in [0.717, 1.165) is 11.3 Å². The minimum absolute atomic E-state index is 0.0636. The number of methoxy groups -OCH3 is 1. The Labute approximate surface area is 110 Å². The number of aliphatic hydroxyl groups excluding tert-OH is 1. The molecule has 1 aliphatic heterocycles. The molecule has 2 atom stereocenters. The van der Waals surface area contributed by atoms with Gasteiger partial charge in [0.25, 0.3) is 0 Å². The van der Waals surface area contributed by atoms with Crippen LogP contribution in [-0.4, -0.2) is 30.1 Å². The molecule has 2 unspecified atom stereocenters. The zero-order valence-electron chi connectivity index (χ0n) is 10.6. The SMILES string of the molecule is COC(=O)CC(N)C(O)c1ccc2c(c1)CC(=O)N2. The topological polar surface area (TPSA) is 102 Å². The van der Waals surface area contributed by atoms with E-state index in [1.54, 1.807) is 18.2 Å². The van der Waals surface area contributed by atoms with Gasteiger partial charge in [-0.1, -0.05) is 12.1 Å². The minimum Gasteiger partial charge on any atom is -0.469 e. The van der Waals surface area contributed by atoms with Crippen LogP contribution in [0.5, 0.6) is 0 Å². The number of anilines is 1. The quantitative estimate of drug-likeness (QED) is 0.670. The average molecular weight is 264 g/mol. The minimum atomic E-state index is -0.972. The molecule has 6 nitrogen and oxygen atoms in total. The van der Waals surface area contributed by atoms with E-state index in [-0.39, 0.29) is 12.3 Å². The second kappa shape index (κ2) is 5.38. The molecule has 0 bridgehead atoms. The molecule has 6 heteroatoms. The molecule has 0 fully saturated rings. The van der Waals surface area contributed by atoms with Crippen molar-refractivity contribution in [2.24, 2.45) is 5.73 Å². The molecule has 0 saturated heterocycles. The summed E-state index contributed by atoms with van der Waals surface area (Å²) in [4.78, 5) is 22.4. The number of carbonyl (C=O) groups excluding carboxylic acids is 2. The number of hydrogen-bond donors (Lipinski definition) is 3. The first kappa shape index (κ1) is 13.5. The van der Waals surface area contributed by atoms with Gasteiger partial charge in [-0.3, -0.25) is 9.59 Å². The normalized spacial score (nSPS) is 16.5. The number of amides is 1. The summed E-state index contributed by atoms with van der Waals surface area (Å²) in [5.74, 6) is -0.537. The lowest BCUT2D eigenvalue weighted by atomic mass is 9.98. The molecule has 1 aromatic carbocycles. The summed E-state index contributed by atoms with van der Waals surface area (Å²) < 4.78 is 4.51. The highest BCUT2D eigenvalue weighted by molar-refractivity contribution is 5.99. The van der Waals surface area contributed by atoms with Crippen LogP contribution in [0.15, 0.2) is 18.2 Å². The van der Waals surface area contributed by atoms with Gasteiger partial charge in [0.1, 0.15) is 0 Å². The van der Waals surface area contributed by atoms with Crippen LogP contribution in [0.2, 0.25) is 0 Å². The first-order valence-corrected chi connectivity index (χ1v) is 5.94. The van der Waals surface area contributed by atoms with Gasteiger partial charge < -0.3 is 20.9 Å². The van der Waals surface area contributed by atoms with Crippen molar-refractivity contribution in [1.29, 1.82) is 0 Å².